The number of primary amides is 1. The SMILES string of the molecule is CC(C)CCS(=O)(=O)CC(=O)N1CC(C(N)=O)CCC1C. The number of likely N-dealkylation sites (tertiary alicyclic amines) is 1. The van der Waals surface area contributed by atoms with Gasteiger partial charge in [-0.25, -0.2) is 8.42 Å². The quantitative estimate of drug-likeness (QED) is 0.773. The standard InChI is InChI=1S/C14H26N2O4S/c1-10(2)6-7-21(19,20)9-13(17)16-8-12(14(15)18)5-4-11(16)3/h10-12H,4-9H2,1-3H3,(H2,15,18). The molecule has 0 aromatic heterocycles. The number of amides is 2. The van der Waals surface area contributed by atoms with Crippen LogP contribution in [0.15, 0.2) is 0 Å². The van der Waals surface area contributed by atoms with Crippen molar-refractivity contribution in [2.24, 2.45) is 17.6 Å². The molecule has 2 N–H and O–H groups in total. The second kappa shape index (κ2) is 7.24. The molecule has 122 valence electrons. The van der Waals surface area contributed by atoms with E-state index in [1.54, 1.807) is 0 Å². The molecule has 1 saturated heterocycles. The predicted molar refractivity (Wildman–Crippen MR) is 81.2 cm³/mol. The zero-order chi connectivity index (χ0) is 16.2. The van der Waals surface area contributed by atoms with Gasteiger partial charge in [0.2, 0.25) is 11.8 Å². The number of hydrogen-bond acceptors (Lipinski definition) is 4. The number of nitrogens with two attached hydrogens (primary N) is 1. The molecule has 0 aliphatic carbocycles. The average Bonchev–Trinajstić information content (AvgIpc) is 2.36. The van der Waals surface area contributed by atoms with Crippen molar-refractivity contribution in [3.05, 3.63) is 0 Å². The lowest BCUT2D eigenvalue weighted by atomic mass is 9.93. The first-order chi connectivity index (χ1) is 9.62. The maximum absolute atomic E-state index is 12.2. The Balaban J connectivity index is 2.66. The second-order valence-electron chi connectivity index (χ2n) is 6.35. The van der Waals surface area contributed by atoms with Crippen molar-refractivity contribution in [2.45, 2.75) is 46.1 Å². The van der Waals surface area contributed by atoms with Crippen molar-refractivity contribution in [3.8, 4) is 0 Å². The van der Waals surface area contributed by atoms with Crippen LogP contribution in [-0.2, 0) is 19.4 Å². The van der Waals surface area contributed by atoms with Crippen LogP contribution in [0.25, 0.3) is 0 Å². The molecular formula is C14H26N2O4S. The first-order valence-electron chi connectivity index (χ1n) is 7.41. The Hall–Kier alpha value is -1.11. The first-order valence-corrected chi connectivity index (χ1v) is 9.23. The summed E-state index contributed by atoms with van der Waals surface area (Å²) in [6, 6.07) is -0.0478. The number of carbonyl (C=O) groups is 2. The van der Waals surface area contributed by atoms with Crippen molar-refractivity contribution < 1.29 is 18.0 Å². The third-order valence-corrected chi connectivity index (χ3v) is 5.50. The summed E-state index contributed by atoms with van der Waals surface area (Å²) in [7, 11) is -3.39. The summed E-state index contributed by atoms with van der Waals surface area (Å²) in [6.07, 6.45) is 1.88. The van der Waals surface area contributed by atoms with Crippen molar-refractivity contribution in [2.75, 3.05) is 18.1 Å². The minimum Gasteiger partial charge on any atom is -0.369 e. The predicted octanol–water partition coefficient (Wildman–Crippen LogP) is 0.560. The van der Waals surface area contributed by atoms with Crippen LogP contribution in [0, 0.1) is 11.8 Å². The van der Waals surface area contributed by atoms with E-state index in [0.29, 0.717) is 19.3 Å². The van der Waals surface area contributed by atoms with Gasteiger partial charge < -0.3 is 10.6 Å². The Morgan fingerprint density at radius 1 is 1.29 bits per heavy atom. The molecular weight excluding hydrogens is 292 g/mol. The topological polar surface area (TPSA) is 97.5 Å². The van der Waals surface area contributed by atoms with Gasteiger partial charge in [0.1, 0.15) is 5.75 Å². The van der Waals surface area contributed by atoms with Crippen LogP contribution in [-0.4, -0.2) is 49.2 Å². The lowest BCUT2D eigenvalue weighted by Crippen LogP contribution is -2.50. The van der Waals surface area contributed by atoms with Gasteiger partial charge in [-0.15, -0.1) is 0 Å². The number of carbonyl (C=O) groups excluding carboxylic acids is 2. The third-order valence-electron chi connectivity index (χ3n) is 3.95. The fourth-order valence-corrected chi connectivity index (χ4v) is 3.96. The van der Waals surface area contributed by atoms with Gasteiger partial charge in [-0.1, -0.05) is 13.8 Å². The van der Waals surface area contributed by atoms with Crippen molar-refractivity contribution in [3.63, 3.8) is 0 Å². The van der Waals surface area contributed by atoms with E-state index in [1.807, 2.05) is 20.8 Å². The van der Waals surface area contributed by atoms with Crippen molar-refractivity contribution >= 4 is 21.7 Å². The smallest absolute Gasteiger partial charge is 0.238 e. The van der Waals surface area contributed by atoms with Gasteiger partial charge >= 0.3 is 0 Å². The molecule has 0 saturated carbocycles. The number of sulfone groups is 1. The van der Waals surface area contributed by atoms with Crippen LogP contribution in [0.2, 0.25) is 0 Å². The highest BCUT2D eigenvalue weighted by atomic mass is 32.2. The molecule has 0 radical (unpaired) electrons. The highest BCUT2D eigenvalue weighted by Gasteiger charge is 2.33. The minimum atomic E-state index is -3.39. The summed E-state index contributed by atoms with van der Waals surface area (Å²) in [5.41, 5.74) is 5.29. The molecule has 2 amide bonds. The molecule has 2 atom stereocenters. The van der Waals surface area contributed by atoms with Gasteiger partial charge in [0.15, 0.2) is 9.84 Å². The molecule has 2 unspecified atom stereocenters. The van der Waals surface area contributed by atoms with Crippen LogP contribution in [0.5, 0.6) is 0 Å². The first kappa shape index (κ1) is 17.9. The Kier molecular flexibility index (Phi) is 6.19. The van der Waals surface area contributed by atoms with Gasteiger partial charge in [-0.2, -0.15) is 0 Å². The molecule has 0 aromatic carbocycles. The molecule has 1 heterocycles. The fourth-order valence-electron chi connectivity index (χ4n) is 2.45. The zero-order valence-corrected chi connectivity index (χ0v) is 13.9. The summed E-state index contributed by atoms with van der Waals surface area (Å²) >= 11 is 0. The van der Waals surface area contributed by atoms with Gasteiger partial charge in [-0.3, -0.25) is 9.59 Å². The Bertz CT molecular complexity index is 487. The van der Waals surface area contributed by atoms with Crippen molar-refractivity contribution in [1.29, 1.82) is 0 Å². The Labute approximate surface area is 127 Å². The highest BCUT2D eigenvalue weighted by Crippen LogP contribution is 2.22. The lowest BCUT2D eigenvalue weighted by molar-refractivity contribution is -0.135. The molecule has 1 aliphatic rings. The van der Waals surface area contributed by atoms with Gasteiger partial charge in [0.05, 0.1) is 11.7 Å². The van der Waals surface area contributed by atoms with E-state index in [-0.39, 0.29) is 30.2 Å². The number of nitrogens with zero attached hydrogens (tertiary/aromatic N) is 1. The number of piperidine rings is 1. The minimum absolute atomic E-state index is 0.0257. The monoisotopic (exact) mass is 318 g/mol. The lowest BCUT2D eigenvalue weighted by Gasteiger charge is -2.36. The Morgan fingerprint density at radius 3 is 2.43 bits per heavy atom. The zero-order valence-electron chi connectivity index (χ0n) is 13.0. The van der Waals surface area contributed by atoms with E-state index in [9.17, 15) is 18.0 Å². The second-order valence-corrected chi connectivity index (χ2v) is 8.53. The van der Waals surface area contributed by atoms with Crippen LogP contribution in [0.4, 0.5) is 0 Å². The van der Waals surface area contributed by atoms with E-state index in [4.69, 9.17) is 5.73 Å². The summed E-state index contributed by atoms with van der Waals surface area (Å²) in [5.74, 6) is -1.39. The molecule has 0 spiro atoms. The van der Waals surface area contributed by atoms with Crippen LogP contribution < -0.4 is 5.73 Å². The maximum atomic E-state index is 12.2. The molecule has 1 fully saturated rings. The summed E-state index contributed by atoms with van der Waals surface area (Å²) < 4.78 is 23.9. The maximum Gasteiger partial charge on any atom is 0.238 e. The average molecular weight is 318 g/mol. The number of rotatable bonds is 6. The molecule has 21 heavy (non-hydrogen) atoms. The molecule has 1 aliphatic heterocycles. The van der Waals surface area contributed by atoms with Gasteiger partial charge in [0, 0.05) is 12.6 Å². The number of hydrogen-bond donors (Lipinski definition) is 1. The summed E-state index contributed by atoms with van der Waals surface area (Å²) in [5, 5.41) is 0. The third kappa shape index (κ3) is 5.65. The molecule has 0 bridgehead atoms. The summed E-state index contributed by atoms with van der Waals surface area (Å²) in [6.45, 7) is 5.99. The fraction of sp³-hybridized carbons (Fsp3) is 0.857. The summed E-state index contributed by atoms with van der Waals surface area (Å²) in [4.78, 5) is 25.0. The van der Waals surface area contributed by atoms with Crippen molar-refractivity contribution in [1.82, 2.24) is 4.90 Å². The molecule has 1 rings (SSSR count). The van der Waals surface area contributed by atoms with Crippen LogP contribution in [0.3, 0.4) is 0 Å². The normalized spacial score (nSPS) is 23.3. The largest absolute Gasteiger partial charge is 0.369 e. The molecule has 7 heteroatoms. The van der Waals surface area contributed by atoms with Crippen LogP contribution >= 0.6 is 0 Å². The highest BCUT2D eigenvalue weighted by molar-refractivity contribution is 7.92. The van der Waals surface area contributed by atoms with Crippen LogP contribution in [0.1, 0.15) is 40.0 Å². The van der Waals surface area contributed by atoms with E-state index < -0.39 is 27.4 Å². The van der Waals surface area contributed by atoms with E-state index >= 15 is 0 Å². The molecule has 0 aromatic rings. The Morgan fingerprint density at radius 2 is 1.90 bits per heavy atom. The van der Waals surface area contributed by atoms with Gasteiger partial charge in [0.25, 0.3) is 0 Å². The van der Waals surface area contributed by atoms with Gasteiger partial charge in [-0.05, 0) is 32.1 Å². The molecule has 6 nitrogen and oxygen atoms in total. The van der Waals surface area contributed by atoms with E-state index in [1.165, 1.54) is 4.90 Å². The van der Waals surface area contributed by atoms with E-state index in [2.05, 4.69) is 0 Å². The van der Waals surface area contributed by atoms with E-state index in [0.717, 1.165) is 0 Å².